The van der Waals surface area contributed by atoms with E-state index in [0.29, 0.717) is 5.82 Å². The molecular weight excluding hydrogens is 264 g/mol. The molecule has 1 N–H and O–H groups in total. The Morgan fingerprint density at radius 1 is 0.952 bits per heavy atom. The van der Waals surface area contributed by atoms with Gasteiger partial charge in [0.05, 0.1) is 7.11 Å². The van der Waals surface area contributed by atoms with Crippen molar-refractivity contribution in [3.8, 4) is 28.1 Å². The minimum atomic E-state index is 0.340. The molecule has 4 heteroatoms. The summed E-state index contributed by atoms with van der Waals surface area (Å²) in [6.45, 7) is 0. The molecule has 0 bridgehead atoms. The van der Waals surface area contributed by atoms with Gasteiger partial charge >= 0.3 is 0 Å². The first-order chi connectivity index (χ1) is 10.3. The Kier molecular flexibility index (Phi) is 3.51. The molecule has 0 saturated heterocycles. The van der Waals surface area contributed by atoms with Gasteiger partial charge in [-0.05, 0) is 46.6 Å². The third kappa shape index (κ3) is 2.56. The standard InChI is InChI=1S/C17H14N2O2/c1-21-14-9-7-13(8-10-14)16-11-15(17(18-16)19-20)12-5-3-2-4-6-12/h2-11,18H,1H3. The number of hydrogen-bond acceptors (Lipinski definition) is 3. The van der Waals surface area contributed by atoms with Crippen LogP contribution < -0.4 is 4.74 Å². The summed E-state index contributed by atoms with van der Waals surface area (Å²) < 4.78 is 5.15. The maximum absolute atomic E-state index is 11.0. The number of nitrogens with one attached hydrogen (secondary N) is 1. The largest absolute Gasteiger partial charge is 0.497 e. The monoisotopic (exact) mass is 278 g/mol. The van der Waals surface area contributed by atoms with Crippen LogP contribution in [-0.4, -0.2) is 12.1 Å². The van der Waals surface area contributed by atoms with Crippen molar-refractivity contribution in [2.45, 2.75) is 0 Å². The van der Waals surface area contributed by atoms with Gasteiger partial charge in [-0.15, -0.1) is 4.91 Å². The number of hydrogen-bond donors (Lipinski definition) is 1. The van der Waals surface area contributed by atoms with Gasteiger partial charge in [-0.2, -0.15) is 0 Å². The number of nitrogens with zero attached hydrogens (tertiary/aromatic N) is 1. The molecule has 0 aliphatic heterocycles. The van der Waals surface area contributed by atoms with Gasteiger partial charge in [-0.3, -0.25) is 0 Å². The first-order valence-corrected chi connectivity index (χ1v) is 6.58. The van der Waals surface area contributed by atoms with Crippen LogP contribution in [0.5, 0.6) is 5.75 Å². The van der Waals surface area contributed by atoms with Crippen molar-refractivity contribution in [1.82, 2.24) is 4.98 Å². The second-order valence-corrected chi connectivity index (χ2v) is 4.63. The van der Waals surface area contributed by atoms with E-state index in [1.807, 2.05) is 60.7 Å². The average Bonchev–Trinajstić information content (AvgIpc) is 3.00. The summed E-state index contributed by atoms with van der Waals surface area (Å²) in [6, 6.07) is 19.3. The highest BCUT2D eigenvalue weighted by Crippen LogP contribution is 2.34. The van der Waals surface area contributed by atoms with Gasteiger partial charge in [-0.25, -0.2) is 0 Å². The van der Waals surface area contributed by atoms with Crippen molar-refractivity contribution >= 4 is 5.82 Å². The smallest absolute Gasteiger partial charge is 0.183 e. The molecule has 21 heavy (non-hydrogen) atoms. The van der Waals surface area contributed by atoms with Crippen molar-refractivity contribution in [1.29, 1.82) is 0 Å². The lowest BCUT2D eigenvalue weighted by Gasteiger charge is -2.01. The first kappa shape index (κ1) is 13.1. The second kappa shape index (κ2) is 5.63. The quantitative estimate of drug-likeness (QED) is 0.700. The summed E-state index contributed by atoms with van der Waals surface area (Å²) in [5, 5.41) is 3.10. The fourth-order valence-corrected chi connectivity index (χ4v) is 2.28. The molecule has 0 aliphatic rings. The van der Waals surface area contributed by atoms with Gasteiger partial charge in [0.1, 0.15) is 5.75 Å². The van der Waals surface area contributed by atoms with E-state index in [1.165, 1.54) is 0 Å². The number of ether oxygens (including phenoxy) is 1. The summed E-state index contributed by atoms with van der Waals surface area (Å²) in [7, 11) is 1.63. The van der Waals surface area contributed by atoms with E-state index in [9.17, 15) is 4.91 Å². The molecule has 104 valence electrons. The molecule has 0 aliphatic carbocycles. The molecule has 0 radical (unpaired) electrons. The van der Waals surface area contributed by atoms with Gasteiger partial charge in [0.25, 0.3) is 0 Å². The number of benzene rings is 2. The van der Waals surface area contributed by atoms with E-state index in [2.05, 4.69) is 10.2 Å². The molecule has 0 atom stereocenters. The number of aromatic amines is 1. The highest BCUT2D eigenvalue weighted by atomic mass is 16.5. The second-order valence-electron chi connectivity index (χ2n) is 4.63. The summed E-state index contributed by atoms with van der Waals surface area (Å²) in [6.07, 6.45) is 0. The van der Waals surface area contributed by atoms with Crippen molar-refractivity contribution in [3.63, 3.8) is 0 Å². The molecule has 2 aromatic carbocycles. The lowest BCUT2D eigenvalue weighted by molar-refractivity contribution is 0.415. The van der Waals surface area contributed by atoms with Crippen LogP contribution >= 0.6 is 0 Å². The van der Waals surface area contributed by atoms with E-state index in [-0.39, 0.29) is 0 Å². The van der Waals surface area contributed by atoms with Crippen LogP contribution in [0.15, 0.2) is 65.8 Å². The van der Waals surface area contributed by atoms with Crippen LogP contribution in [0, 0.1) is 4.91 Å². The van der Waals surface area contributed by atoms with E-state index < -0.39 is 0 Å². The van der Waals surface area contributed by atoms with Crippen LogP contribution in [0.3, 0.4) is 0 Å². The number of nitroso groups, excluding NO2 is 1. The van der Waals surface area contributed by atoms with Crippen molar-refractivity contribution in [2.24, 2.45) is 5.18 Å². The molecule has 1 heterocycles. The molecule has 3 rings (SSSR count). The zero-order valence-corrected chi connectivity index (χ0v) is 11.5. The topological polar surface area (TPSA) is 54.4 Å². The average molecular weight is 278 g/mol. The molecule has 4 nitrogen and oxygen atoms in total. The molecule has 1 aromatic heterocycles. The lowest BCUT2D eigenvalue weighted by Crippen LogP contribution is -1.82. The van der Waals surface area contributed by atoms with Gasteiger partial charge in [0, 0.05) is 11.3 Å². The van der Waals surface area contributed by atoms with Crippen LogP contribution in [-0.2, 0) is 0 Å². The molecule has 0 amide bonds. The number of H-pyrrole nitrogens is 1. The Bertz CT molecular complexity index is 746. The summed E-state index contributed by atoms with van der Waals surface area (Å²) in [5.74, 6) is 1.13. The highest BCUT2D eigenvalue weighted by Gasteiger charge is 2.11. The fourth-order valence-electron chi connectivity index (χ4n) is 2.28. The Balaban J connectivity index is 2.04. The van der Waals surface area contributed by atoms with E-state index in [0.717, 1.165) is 28.1 Å². The summed E-state index contributed by atoms with van der Waals surface area (Å²) in [4.78, 5) is 14.1. The predicted octanol–water partition coefficient (Wildman–Crippen LogP) is 4.76. The maximum atomic E-state index is 11.0. The van der Waals surface area contributed by atoms with Crippen molar-refractivity contribution in [3.05, 3.63) is 65.6 Å². The number of methoxy groups -OCH3 is 1. The number of aromatic nitrogens is 1. The lowest BCUT2D eigenvalue weighted by atomic mass is 10.1. The summed E-state index contributed by atoms with van der Waals surface area (Å²) in [5.41, 5.74) is 3.59. The molecule has 3 aromatic rings. The van der Waals surface area contributed by atoms with Crippen LogP contribution in [0.4, 0.5) is 5.82 Å². The predicted molar refractivity (Wildman–Crippen MR) is 83.7 cm³/mol. The third-order valence-corrected chi connectivity index (χ3v) is 3.37. The first-order valence-electron chi connectivity index (χ1n) is 6.58. The molecule has 0 unspecified atom stereocenters. The minimum Gasteiger partial charge on any atom is -0.497 e. The Hall–Kier alpha value is -2.88. The Labute approximate surface area is 122 Å². The minimum absolute atomic E-state index is 0.340. The van der Waals surface area contributed by atoms with Gasteiger partial charge in [0.2, 0.25) is 0 Å². The highest BCUT2D eigenvalue weighted by molar-refractivity contribution is 5.80. The van der Waals surface area contributed by atoms with Crippen molar-refractivity contribution in [2.75, 3.05) is 7.11 Å². The molecule has 0 spiro atoms. The third-order valence-electron chi connectivity index (χ3n) is 3.37. The van der Waals surface area contributed by atoms with Crippen LogP contribution in [0.25, 0.3) is 22.4 Å². The molecular formula is C17H14N2O2. The van der Waals surface area contributed by atoms with Gasteiger partial charge in [0.15, 0.2) is 5.82 Å². The van der Waals surface area contributed by atoms with Crippen molar-refractivity contribution < 1.29 is 4.74 Å². The van der Waals surface area contributed by atoms with Crippen LogP contribution in [0.1, 0.15) is 0 Å². The maximum Gasteiger partial charge on any atom is 0.183 e. The fraction of sp³-hybridized carbons (Fsp3) is 0.0588. The van der Waals surface area contributed by atoms with E-state index in [4.69, 9.17) is 4.74 Å². The molecule has 0 saturated carbocycles. The normalized spacial score (nSPS) is 10.3. The SMILES string of the molecule is COc1ccc(-c2cc(-c3ccccc3)c(N=O)[nH]2)cc1. The zero-order valence-electron chi connectivity index (χ0n) is 11.5. The summed E-state index contributed by atoms with van der Waals surface area (Å²) >= 11 is 0. The Morgan fingerprint density at radius 3 is 2.29 bits per heavy atom. The number of rotatable bonds is 4. The van der Waals surface area contributed by atoms with Crippen LogP contribution in [0.2, 0.25) is 0 Å². The van der Waals surface area contributed by atoms with Gasteiger partial charge in [-0.1, -0.05) is 30.3 Å². The molecule has 0 fully saturated rings. The van der Waals surface area contributed by atoms with E-state index in [1.54, 1.807) is 7.11 Å². The van der Waals surface area contributed by atoms with Gasteiger partial charge < -0.3 is 9.72 Å². The zero-order chi connectivity index (χ0) is 14.7. The Morgan fingerprint density at radius 2 is 1.67 bits per heavy atom. The van der Waals surface area contributed by atoms with E-state index >= 15 is 0 Å².